The zero-order chi connectivity index (χ0) is 14.3. The Morgan fingerprint density at radius 2 is 2.15 bits per heavy atom. The number of hydrogen-bond acceptors (Lipinski definition) is 3. The van der Waals surface area contributed by atoms with Crippen molar-refractivity contribution in [2.45, 2.75) is 25.4 Å². The van der Waals surface area contributed by atoms with Crippen molar-refractivity contribution >= 4 is 16.8 Å². The van der Waals surface area contributed by atoms with Crippen molar-refractivity contribution in [1.29, 1.82) is 0 Å². The van der Waals surface area contributed by atoms with Gasteiger partial charge < -0.3 is 5.32 Å². The Bertz CT molecular complexity index is 763. The third-order valence-corrected chi connectivity index (χ3v) is 3.63. The lowest BCUT2D eigenvalue weighted by molar-refractivity contribution is -0.126. The summed E-state index contributed by atoms with van der Waals surface area (Å²) in [6.07, 6.45) is 2.26. The Morgan fingerprint density at radius 1 is 1.40 bits per heavy atom. The molecule has 0 saturated heterocycles. The number of amides is 1. The van der Waals surface area contributed by atoms with Crippen LogP contribution in [0.3, 0.4) is 0 Å². The highest BCUT2D eigenvalue weighted by molar-refractivity contribution is 5.83. The van der Waals surface area contributed by atoms with Crippen LogP contribution in [0.25, 0.3) is 10.9 Å². The lowest BCUT2D eigenvalue weighted by Crippen LogP contribution is -2.46. The van der Waals surface area contributed by atoms with Crippen LogP contribution < -0.4 is 10.9 Å². The topological polar surface area (TPSA) is 64.0 Å². The highest BCUT2D eigenvalue weighted by atomic mass is 16.2. The fraction of sp³-hybridized carbons (Fsp3) is 0.267. The van der Waals surface area contributed by atoms with E-state index in [1.165, 1.54) is 4.57 Å². The van der Waals surface area contributed by atoms with Gasteiger partial charge in [-0.3, -0.25) is 14.2 Å². The Labute approximate surface area is 115 Å². The summed E-state index contributed by atoms with van der Waals surface area (Å²) in [4.78, 5) is 29.2. The van der Waals surface area contributed by atoms with E-state index in [4.69, 9.17) is 0 Å². The van der Waals surface area contributed by atoms with Crippen molar-refractivity contribution in [3.63, 3.8) is 0 Å². The summed E-state index contributed by atoms with van der Waals surface area (Å²) in [5.41, 5.74) is 0.489. The second-order valence-electron chi connectivity index (χ2n) is 4.92. The molecule has 1 aliphatic heterocycles. The first-order chi connectivity index (χ1) is 9.63. The molecule has 0 unspecified atom stereocenters. The van der Waals surface area contributed by atoms with Gasteiger partial charge in [-0.1, -0.05) is 18.2 Å². The summed E-state index contributed by atoms with van der Waals surface area (Å²) in [6.45, 7) is 5.40. The first kappa shape index (κ1) is 12.6. The van der Waals surface area contributed by atoms with E-state index < -0.39 is 6.04 Å². The Morgan fingerprint density at radius 3 is 2.90 bits per heavy atom. The average molecular weight is 269 g/mol. The van der Waals surface area contributed by atoms with Crippen molar-refractivity contribution in [1.82, 2.24) is 14.9 Å². The maximum absolute atomic E-state index is 12.6. The molecule has 2 heterocycles. The summed E-state index contributed by atoms with van der Waals surface area (Å²) in [5.74, 6) is 0.434. The van der Waals surface area contributed by atoms with Gasteiger partial charge in [-0.25, -0.2) is 4.98 Å². The summed E-state index contributed by atoms with van der Waals surface area (Å²) < 4.78 is 1.50. The first-order valence-electron chi connectivity index (χ1n) is 6.56. The molecule has 0 saturated carbocycles. The number of aromatic nitrogens is 2. The van der Waals surface area contributed by atoms with Gasteiger partial charge in [0, 0.05) is 0 Å². The fourth-order valence-corrected chi connectivity index (χ4v) is 2.59. The van der Waals surface area contributed by atoms with Crippen LogP contribution in [0.15, 0.2) is 41.7 Å². The van der Waals surface area contributed by atoms with Gasteiger partial charge >= 0.3 is 0 Å². The van der Waals surface area contributed by atoms with E-state index in [9.17, 15) is 9.59 Å². The van der Waals surface area contributed by atoms with E-state index in [1.54, 1.807) is 25.1 Å². The Hall–Kier alpha value is -2.43. The maximum atomic E-state index is 12.6. The molecule has 20 heavy (non-hydrogen) atoms. The minimum atomic E-state index is -0.546. The molecule has 2 atom stereocenters. The first-order valence-corrected chi connectivity index (χ1v) is 6.56. The van der Waals surface area contributed by atoms with E-state index in [0.717, 1.165) is 0 Å². The summed E-state index contributed by atoms with van der Waals surface area (Å²) >= 11 is 0. The number of fused-ring (bicyclic) bond motifs is 2. The SMILES string of the molecule is C=CC[C@@H]1NC(=O)[C@H](C)n2c1nc1ccccc1c2=O. The normalized spacial score (nSPS) is 21.4. The Balaban J connectivity index is 2.34. The van der Waals surface area contributed by atoms with Crippen LogP contribution in [0.5, 0.6) is 0 Å². The van der Waals surface area contributed by atoms with Crippen LogP contribution in [0.4, 0.5) is 0 Å². The molecule has 2 aromatic rings. The molecule has 102 valence electrons. The van der Waals surface area contributed by atoms with E-state index >= 15 is 0 Å². The smallest absolute Gasteiger partial charge is 0.262 e. The molecule has 1 aromatic carbocycles. The zero-order valence-electron chi connectivity index (χ0n) is 11.2. The van der Waals surface area contributed by atoms with Crippen LogP contribution in [-0.4, -0.2) is 15.5 Å². The number of hydrogen-bond donors (Lipinski definition) is 1. The number of nitrogens with zero attached hydrogens (tertiary/aromatic N) is 2. The molecule has 0 fully saturated rings. The molecule has 1 aliphatic rings. The van der Waals surface area contributed by atoms with Gasteiger partial charge in [-0.15, -0.1) is 6.58 Å². The van der Waals surface area contributed by atoms with Gasteiger partial charge in [0.1, 0.15) is 11.9 Å². The lowest BCUT2D eigenvalue weighted by Gasteiger charge is -2.30. The molecule has 0 radical (unpaired) electrons. The van der Waals surface area contributed by atoms with Gasteiger partial charge in [-0.2, -0.15) is 0 Å². The van der Waals surface area contributed by atoms with Crippen molar-refractivity contribution in [3.05, 3.63) is 53.1 Å². The van der Waals surface area contributed by atoms with E-state index in [1.807, 2.05) is 12.1 Å². The summed E-state index contributed by atoms with van der Waals surface area (Å²) in [6, 6.07) is 6.35. The number of para-hydroxylation sites is 1. The molecule has 1 N–H and O–H groups in total. The van der Waals surface area contributed by atoms with Gasteiger partial charge in [0.05, 0.1) is 16.9 Å². The quantitative estimate of drug-likeness (QED) is 0.844. The Kier molecular flexibility index (Phi) is 2.89. The van der Waals surface area contributed by atoms with E-state index in [2.05, 4.69) is 16.9 Å². The molecular weight excluding hydrogens is 254 g/mol. The third kappa shape index (κ3) is 1.74. The number of carbonyl (C=O) groups is 1. The van der Waals surface area contributed by atoms with Gasteiger partial charge in [0.15, 0.2) is 0 Å². The summed E-state index contributed by atoms with van der Waals surface area (Å²) in [5, 5.41) is 3.42. The monoisotopic (exact) mass is 269 g/mol. The molecule has 0 aliphatic carbocycles. The van der Waals surface area contributed by atoms with Crippen molar-refractivity contribution in [3.8, 4) is 0 Å². The largest absolute Gasteiger partial charge is 0.344 e. The molecule has 0 spiro atoms. The molecule has 1 amide bonds. The van der Waals surface area contributed by atoms with Crippen LogP contribution in [0, 0.1) is 0 Å². The van der Waals surface area contributed by atoms with Crippen LogP contribution in [0.1, 0.15) is 31.3 Å². The number of nitrogens with one attached hydrogen (secondary N) is 1. The highest BCUT2D eigenvalue weighted by Crippen LogP contribution is 2.24. The van der Waals surface area contributed by atoms with E-state index in [-0.39, 0.29) is 17.5 Å². The molecule has 5 heteroatoms. The van der Waals surface area contributed by atoms with Crippen molar-refractivity contribution < 1.29 is 4.79 Å². The van der Waals surface area contributed by atoms with Gasteiger partial charge in [-0.05, 0) is 25.5 Å². The third-order valence-electron chi connectivity index (χ3n) is 3.63. The van der Waals surface area contributed by atoms with Crippen LogP contribution in [0.2, 0.25) is 0 Å². The minimum absolute atomic E-state index is 0.163. The zero-order valence-corrected chi connectivity index (χ0v) is 11.2. The molecule has 0 bridgehead atoms. The highest BCUT2D eigenvalue weighted by Gasteiger charge is 2.32. The lowest BCUT2D eigenvalue weighted by atomic mass is 10.1. The predicted molar refractivity (Wildman–Crippen MR) is 76.4 cm³/mol. The molecule has 3 rings (SSSR count). The second kappa shape index (κ2) is 4.59. The van der Waals surface area contributed by atoms with Crippen molar-refractivity contribution in [2.75, 3.05) is 0 Å². The maximum Gasteiger partial charge on any atom is 0.262 e. The number of rotatable bonds is 2. The molecule has 5 nitrogen and oxygen atoms in total. The molecular formula is C15H15N3O2. The number of benzene rings is 1. The van der Waals surface area contributed by atoms with Crippen LogP contribution >= 0.6 is 0 Å². The van der Waals surface area contributed by atoms with Crippen molar-refractivity contribution in [2.24, 2.45) is 0 Å². The van der Waals surface area contributed by atoms with Crippen LogP contribution in [-0.2, 0) is 4.79 Å². The minimum Gasteiger partial charge on any atom is -0.344 e. The second-order valence-corrected chi connectivity index (χ2v) is 4.92. The standard InChI is InChI=1S/C15H15N3O2/c1-3-6-12-13-16-11-8-5-4-7-10(11)15(20)18(13)9(2)14(19)17-12/h3-5,7-9,12H,1,6H2,2H3,(H,17,19)/t9-,12-/m0/s1. The number of carbonyl (C=O) groups excluding carboxylic acids is 1. The van der Waals surface area contributed by atoms with E-state index in [0.29, 0.717) is 23.1 Å². The molecule has 1 aromatic heterocycles. The predicted octanol–water partition coefficient (Wildman–Crippen LogP) is 1.70. The average Bonchev–Trinajstić information content (AvgIpc) is 2.45. The summed E-state index contributed by atoms with van der Waals surface area (Å²) in [7, 11) is 0. The van der Waals surface area contributed by atoms with Gasteiger partial charge in [0.25, 0.3) is 5.56 Å². The van der Waals surface area contributed by atoms with Gasteiger partial charge in [0.2, 0.25) is 5.91 Å². The fourth-order valence-electron chi connectivity index (χ4n) is 2.59.